The lowest BCUT2D eigenvalue weighted by Gasteiger charge is -2.19. The van der Waals surface area contributed by atoms with Crippen LogP contribution in [0.4, 0.5) is 5.82 Å². The number of aryl methyl sites for hydroxylation is 2. The predicted molar refractivity (Wildman–Crippen MR) is 89.7 cm³/mol. The van der Waals surface area contributed by atoms with E-state index in [-0.39, 0.29) is 13.0 Å². The Kier molecular flexibility index (Phi) is 6.80. The van der Waals surface area contributed by atoms with Gasteiger partial charge >= 0.3 is 5.97 Å². The first-order valence-electron chi connectivity index (χ1n) is 8.40. The zero-order chi connectivity index (χ0) is 16.7. The predicted octanol–water partition coefficient (Wildman–Crippen LogP) is 1.43. The third-order valence-electron chi connectivity index (χ3n) is 4.27. The van der Waals surface area contributed by atoms with Gasteiger partial charge in [0.1, 0.15) is 11.9 Å². The van der Waals surface area contributed by atoms with Gasteiger partial charge in [-0.1, -0.05) is 13.0 Å². The Bertz CT molecular complexity index is 522. The fourth-order valence-corrected chi connectivity index (χ4v) is 2.79. The van der Waals surface area contributed by atoms with Crippen molar-refractivity contribution >= 4 is 11.8 Å². The maximum Gasteiger partial charge on any atom is 0.320 e. The van der Waals surface area contributed by atoms with Gasteiger partial charge in [0.25, 0.3) is 0 Å². The summed E-state index contributed by atoms with van der Waals surface area (Å²) in [4.78, 5) is 15.7. The highest BCUT2D eigenvalue weighted by atomic mass is 16.4. The number of rotatable bonds is 9. The van der Waals surface area contributed by atoms with Crippen LogP contribution >= 0.6 is 0 Å². The van der Waals surface area contributed by atoms with E-state index in [1.165, 1.54) is 5.56 Å². The number of carboxylic acid groups (broad SMARTS) is 1. The van der Waals surface area contributed by atoms with Crippen molar-refractivity contribution in [3.63, 3.8) is 0 Å². The molecule has 0 aliphatic carbocycles. The minimum atomic E-state index is -0.909. The zero-order valence-electron chi connectivity index (χ0n) is 13.7. The van der Waals surface area contributed by atoms with E-state index in [0.29, 0.717) is 12.5 Å². The lowest BCUT2D eigenvalue weighted by atomic mass is 10.0. The molecule has 2 atom stereocenters. The van der Waals surface area contributed by atoms with Crippen LogP contribution in [0.15, 0.2) is 12.1 Å². The lowest BCUT2D eigenvalue weighted by Crippen LogP contribution is -2.39. The van der Waals surface area contributed by atoms with Crippen LogP contribution in [0, 0.1) is 5.92 Å². The van der Waals surface area contributed by atoms with Crippen LogP contribution in [0.2, 0.25) is 0 Å². The third-order valence-corrected chi connectivity index (χ3v) is 4.27. The SMILES string of the molecule is C[C@H](CCc1ccc2c(n1)NCCC2)CN[C@@H](CCO)C(=O)O. The van der Waals surface area contributed by atoms with Crippen LogP contribution in [0.5, 0.6) is 0 Å². The fourth-order valence-electron chi connectivity index (χ4n) is 2.79. The summed E-state index contributed by atoms with van der Waals surface area (Å²) in [5.74, 6) is 0.462. The number of carbonyl (C=O) groups is 1. The number of hydrogen-bond acceptors (Lipinski definition) is 5. The molecule has 0 unspecified atom stereocenters. The highest BCUT2D eigenvalue weighted by Crippen LogP contribution is 2.20. The van der Waals surface area contributed by atoms with Gasteiger partial charge in [0, 0.05) is 18.8 Å². The molecule has 1 aliphatic rings. The number of anilines is 1. The molecule has 1 aliphatic heterocycles. The molecule has 6 nitrogen and oxygen atoms in total. The molecule has 6 heteroatoms. The van der Waals surface area contributed by atoms with Gasteiger partial charge in [-0.15, -0.1) is 0 Å². The summed E-state index contributed by atoms with van der Waals surface area (Å²) in [6.07, 6.45) is 4.33. The largest absolute Gasteiger partial charge is 0.480 e. The summed E-state index contributed by atoms with van der Waals surface area (Å²) in [5.41, 5.74) is 2.37. The van der Waals surface area contributed by atoms with E-state index in [4.69, 9.17) is 10.2 Å². The summed E-state index contributed by atoms with van der Waals surface area (Å²) < 4.78 is 0. The Balaban J connectivity index is 1.77. The van der Waals surface area contributed by atoms with E-state index in [9.17, 15) is 4.79 Å². The molecule has 0 radical (unpaired) electrons. The number of fused-ring (bicyclic) bond motifs is 1. The molecule has 0 aromatic carbocycles. The molecular weight excluding hydrogens is 294 g/mol. The summed E-state index contributed by atoms with van der Waals surface area (Å²) in [6.45, 7) is 3.59. The molecule has 0 spiro atoms. The third kappa shape index (κ3) is 5.48. The molecule has 0 bridgehead atoms. The minimum Gasteiger partial charge on any atom is -0.480 e. The van der Waals surface area contributed by atoms with Crippen LogP contribution in [-0.4, -0.2) is 46.9 Å². The van der Waals surface area contributed by atoms with Crippen LogP contribution < -0.4 is 10.6 Å². The van der Waals surface area contributed by atoms with Crippen molar-refractivity contribution in [1.29, 1.82) is 0 Å². The molecule has 2 heterocycles. The monoisotopic (exact) mass is 321 g/mol. The summed E-state index contributed by atoms with van der Waals surface area (Å²) in [5, 5.41) is 24.3. The number of pyridine rings is 1. The highest BCUT2D eigenvalue weighted by Gasteiger charge is 2.17. The normalized spacial score (nSPS) is 16.3. The van der Waals surface area contributed by atoms with Crippen molar-refractivity contribution in [2.24, 2.45) is 5.92 Å². The summed E-state index contributed by atoms with van der Waals surface area (Å²) >= 11 is 0. The number of aliphatic hydroxyl groups excluding tert-OH is 1. The minimum absolute atomic E-state index is 0.121. The Hall–Kier alpha value is -1.66. The molecule has 0 saturated heterocycles. The van der Waals surface area contributed by atoms with Crippen molar-refractivity contribution in [2.75, 3.05) is 25.0 Å². The molecule has 128 valence electrons. The van der Waals surface area contributed by atoms with E-state index in [1.54, 1.807) is 0 Å². The van der Waals surface area contributed by atoms with E-state index < -0.39 is 12.0 Å². The molecule has 23 heavy (non-hydrogen) atoms. The van der Waals surface area contributed by atoms with Gasteiger partial charge in [-0.2, -0.15) is 0 Å². The number of nitrogens with zero attached hydrogens (tertiary/aromatic N) is 1. The fraction of sp³-hybridized carbons (Fsp3) is 0.647. The Morgan fingerprint density at radius 3 is 3.00 bits per heavy atom. The van der Waals surface area contributed by atoms with Gasteiger partial charge in [-0.05, 0) is 56.2 Å². The molecular formula is C17H27N3O3. The average molecular weight is 321 g/mol. The molecule has 0 fully saturated rings. The van der Waals surface area contributed by atoms with Crippen molar-refractivity contribution in [2.45, 2.75) is 45.1 Å². The zero-order valence-corrected chi connectivity index (χ0v) is 13.7. The Morgan fingerprint density at radius 2 is 2.26 bits per heavy atom. The molecule has 0 saturated carbocycles. The van der Waals surface area contributed by atoms with E-state index in [0.717, 1.165) is 43.7 Å². The number of hydrogen-bond donors (Lipinski definition) is 4. The van der Waals surface area contributed by atoms with Crippen LogP contribution in [0.1, 0.15) is 37.4 Å². The van der Waals surface area contributed by atoms with E-state index >= 15 is 0 Å². The number of aromatic nitrogens is 1. The van der Waals surface area contributed by atoms with Crippen molar-refractivity contribution in [3.05, 3.63) is 23.4 Å². The second-order valence-corrected chi connectivity index (χ2v) is 6.30. The van der Waals surface area contributed by atoms with Gasteiger partial charge in [0.05, 0.1) is 0 Å². The van der Waals surface area contributed by atoms with E-state index in [1.807, 2.05) is 0 Å². The highest BCUT2D eigenvalue weighted by molar-refractivity contribution is 5.73. The summed E-state index contributed by atoms with van der Waals surface area (Å²) in [6, 6.07) is 3.58. The summed E-state index contributed by atoms with van der Waals surface area (Å²) in [7, 11) is 0. The Labute approximate surface area is 137 Å². The number of nitrogens with one attached hydrogen (secondary N) is 2. The Morgan fingerprint density at radius 1 is 1.43 bits per heavy atom. The number of carboxylic acids is 1. The first-order chi connectivity index (χ1) is 11.1. The van der Waals surface area contributed by atoms with Crippen molar-refractivity contribution in [1.82, 2.24) is 10.3 Å². The van der Waals surface area contributed by atoms with Crippen molar-refractivity contribution < 1.29 is 15.0 Å². The molecule has 0 amide bonds. The van der Waals surface area contributed by atoms with Gasteiger partial charge in [-0.25, -0.2) is 4.98 Å². The standard InChI is InChI=1S/C17H27N3O3/c1-12(11-19-15(8-10-21)17(22)23)4-6-14-7-5-13-3-2-9-18-16(13)20-14/h5,7,12,15,19,21H,2-4,6,8-11H2,1H3,(H,18,20)(H,22,23)/t12-,15+/m1/s1. The topological polar surface area (TPSA) is 94.5 Å². The second kappa shape index (κ2) is 8.84. The number of aliphatic hydroxyl groups is 1. The number of aliphatic carboxylic acids is 1. The first kappa shape index (κ1) is 17.7. The average Bonchev–Trinajstić information content (AvgIpc) is 2.56. The van der Waals surface area contributed by atoms with Gasteiger partial charge in [0.2, 0.25) is 0 Å². The molecule has 4 N–H and O–H groups in total. The van der Waals surface area contributed by atoms with Crippen LogP contribution in [-0.2, 0) is 17.6 Å². The second-order valence-electron chi connectivity index (χ2n) is 6.30. The van der Waals surface area contributed by atoms with Gasteiger partial charge in [-0.3, -0.25) is 4.79 Å². The maximum atomic E-state index is 11.0. The lowest BCUT2D eigenvalue weighted by molar-refractivity contribution is -0.139. The molecule has 1 aromatic rings. The van der Waals surface area contributed by atoms with Gasteiger partial charge in [0.15, 0.2) is 0 Å². The quantitative estimate of drug-likeness (QED) is 0.550. The first-order valence-corrected chi connectivity index (χ1v) is 8.40. The van der Waals surface area contributed by atoms with Crippen LogP contribution in [0.3, 0.4) is 0 Å². The molecule has 1 aromatic heterocycles. The molecule has 2 rings (SSSR count). The van der Waals surface area contributed by atoms with Gasteiger partial charge < -0.3 is 20.8 Å². The van der Waals surface area contributed by atoms with Crippen molar-refractivity contribution in [3.8, 4) is 0 Å². The van der Waals surface area contributed by atoms with E-state index in [2.05, 4.69) is 34.7 Å². The maximum absolute atomic E-state index is 11.0. The smallest absolute Gasteiger partial charge is 0.320 e. The van der Waals surface area contributed by atoms with Crippen LogP contribution in [0.25, 0.3) is 0 Å².